The van der Waals surface area contributed by atoms with Crippen molar-refractivity contribution in [3.05, 3.63) is 58.7 Å². The van der Waals surface area contributed by atoms with Gasteiger partial charge in [-0.2, -0.15) is 0 Å². The molecule has 0 bridgehead atoms. The van der Waals surface area contributed by atoms with Gasteiger partial charge in [-0.1, -0.05) is 29.8 Å². The Kier molecular flexibility index (Phi) is 3.82. The van der Waals surface area contributed by atoms with Crippen LogP contribution in [0.2, 0.25) is 5.02 Å². The number of benzene rings is 1. The number of hydrogen-bond donors (Lipinski definition) is 1. The molecule has 2 nitrogen and oxygen atoms in total. The maximum absolute atomic E-state index is 6.18. The lowest BCUT2D eigenvalue weighted by atomic mass is 9.91. The first-order valence-corrected chi connectivity index (χ1v) is 5.96. The van der Waals surface area contributed by atoms with Gasteiger partial charge in [0.05, 0.1) is 0 Å². The lowest BCUT2D eigenvalue weighted by Gasteiger charge is -2.13. The quantitative estimate of drug-likeness (QED) is 0.825. The first kappa shape index (κ1) is 12.2. The van der Waals surface area contributed by atoms with E-state index < -0.39 is 0 Å². The van der Waals surface area contributed by atoms with E-state index in [1.54, 1.807) is 6.20 Å². The van der Waals surface area contributed by atoms with E-state index >= 15 is 0 Å². The second-order valence-electron chi connectivity index (χ2n) is 4.11. The van der Waals surface area contributed by atoms with E-state index in [1.807, 2.05) is 38.2 Å². The number of aromatic nitrogens is 1. The Hall–Kier alpha value is -1.32. The fourth-order valence-corrected chi connectivity index (χ4v) is 2.02. The van der Waals surface area contributed by atoms with E-state index in [4.69, 9.17) is 17.3 Å². The lowest BCUT2D eigenvalue weighted by Crippen LogP contribution is -2.20. The van der Waals surface area contributed by atoms with Crippen LogP contribution in [0.15, 0.2) is 42.6 Å². The highest BCUT2D eigenvalue weighted by Crippen LogP contribution is 2.18. The van der Waals surface area contributed by atoms with Crippen LogP contribution in [-0.4, -0.2) is 12.8 Å². The van der Waals surface area contributed by atoms with Gasteiger partial charge >= 0.3 is 0 Å². The molecule has 0 aliphatic heterocycles. The van der Waals surface area contributed by atoms with Crippen molar-refractivity contribution in [3.8, 4) is 0 Å². The molecule has 0 aliphatic rings. The smallest absolute Gasteiger partial charge is 0.164 e. The minimum Gasteiger partial charge on any atom is -0.324 e. The van der Waals surface area contributed by atoms with Gasteiger partial charge in [0.2, 0.25) is 0 Å². The molecule has 2 N–H and O–H groups in total. The van der Waals surface area contributed by atoms with Crippen LogP contribution in [0.1, 0.15) is 17.2 Å². The highest BCUT2D eigenvalue weighted by atomic mass is 35.5. The van der Waals surface area contributed by atoms with Crippen molar-refractivity contribution in [2.24, 2.45) is 5.73 Å². The number of nitrogens with zero attached hydrogens (tertiary/aromatic N) is 1. The average Bonchev–Trinajstić information content (AvgIpc) is 2.32. The molecular formula is C13H14BClN2. The number of halogens is 1. The van der Waals surface area contributed by atoms with Gasteiger partial charge in [-0.3, -0.25) is 4.98 Å². The standard InChI is InChI=1S/C13H14BClN2/c14-13-10(4-2-6-17-13)8-12(16)9-3-1-5-11(15)7-9/h1-7,12H,8,14,16H2. The normalized spacial score (nSPS) is 12.4. The summed E-state index contributed by atoms with van der Waals surface area (Å²) in [7, 11) is 2.00. The van der Waals surface area contributed by atoms with Crippen LogP contribution < -0.4 is 11.3 Å². The summed E-state index contributed by atoms with van der Waals surface area (Å²) in [4.78, 5) is 4.26. The van der Waals surface area contributed by atoms with Crippen LogP contribution in [-0.2, 0) is 6.42 Å². The molecule has 1 atom stereocenters. The molecule has 4 heteroatoms. The van der Waals surface area contributed by atoms with E-state index in [9.17, 15) is 0 Å². The summed E-state index contributed by atoms with van der Waals surface area (Å²) in [6.07, 6.45) is 2.57. The van der Waals surface area contributed by atoms with E-state index in [0.717, 1.165) is 22.6 Å². The molecule has 1 aromatic heterocycles. The van der Waals surface area contributed by atoms with Gasteiger partial charge in [-0.25, -0.2) is 0 Å². The SMILES string of the molecule is Bc1ncccc1CC(N)c1cccc(Cl)c1. The third kappa shape index (κ3) is 3.08. The largest absolute Gasteiger partial charge is 0.324 e. The van der Waals surface area contributed by atoms with Gasteiger partial charge in [0, 0.05) is 17.3 Å². The van der Waals surface area contributed by atoms with Crippen molar-refractivity contribution < 1.29 is 0 Å². The van der Waals surface area contributed by atoms with Crippen LogP contribution in [0.3, 0.4) is 0 Å². The van der Waals surface area contributed by atoms with Gasteiger partial charge in [0.25, 0.3) is 0 Å². The van der Waals surface area contributed by atoms with Crippen LogP contribution in [0, 0.1) is 0 Å². The van der Waals surface area contributed by atoms with E-state index in [2.05, 4.69) is 11.1 Å². The molecule has 0 radical (unpaired) electrons. The maximum Gasteiger partial charge on any atom is 0.164 e. The molecule has 1 heterocycles. The second-order valence-corrected chi connectivity index (χ2v) is 4.55. The van der Waals surface area contributed by atoms with Crippen LogP contribution in [0.4, 0.5) is 0 Å². The predicted molar refractivity (Wildman–Crippen MR) is 74.5 cm³/mol. The van der Waals surface area contributed by atoms with Gasteiger partial charge in [0.1, 0.15) is 0 Å². The van der Waals surface area contributed by atoms with Gasteiger partial charge in [0.15, 0.2) is 7.85 Å². The molecule has 0 saturated carbocycles. The molecule has 0 fully saturated rings. The number of rotatable bonds is 3. The lowest BCUT2D eigenvalue weighted by molar-refractivity contribution is 0.723. The average molecular weight is 245 g/mol. The molecule has 2 aromatic rings. The summed E-state index contributed by atoms with van der Waals surface area (Å²) in [6, 6.07) is 11.7. The Morgan fingerprint density at radius 3 is 2.82 bits per heavy atom. The van der Waals surface area contributed by atoms with Crippen molar-refractivity contribution in [1.29, 1.82) is 0 Å². The molecule has 0 spiro atoms. The minimum absolute atomic E-state index is 0.0448. The Bertz CT molecular complexity index is 516. The molecule has 0 amide bonds. The molecule has 86 valence electrons. The van der Waals surface area contributed by atoms with Gasteiger partial charge in [-0.15, -0.1) is 0 Å². The van der Waals surface area contributed by atoms with E-state index in [0.29, 0.717) is 0 Å². The molecule has 2 rings (SSSR count). The molecule has 1 aromatic carbocycles. The molecular weight excluding hydrogens is 230 g/mol. The Labute approximate surface area is 107 Å². The zero-order valence-corrected chi connectivity index (χ0v) is 10.5. The number of nitrogens with two attached hydrogens (primary N) is 1. The van der Waals surface area contributed by atoms with Gasteiger partial charge in [-0.05, 0) is 41.3 Å². The van der Waals surface area contributed by atoms with Crippen LogP contribution in [0.25, 0.3) is 0 Å². The zero-order chi connectivity index (χ0) is 12.3. The van der Waals surface area contributed by atoms with Gasteiger partial charge < -0.3 is 5.73 Å². The summed E-state index contributed by atoms with van der Waals surface area (Å²) in [5.41, 5.74) is 9.45. The fraction of sp³-hybridized carbons (Fsp3) is 0.154. The summed E-state index contributed by atoms with van der Waals surface area (Å²) in [6.45, 7) is 0. The first-order valence-electron chi connectivity index (χ1n) is 5.58. The number of hydrogen-bond acceptors (Lipinski definition) is 2. The topological polar surface area (TPSA) is 38.9 Å². The Balaban J connectivity index is 2.17. The maximum atomic E-state index is 6.18. The van der Waals surface area contributed by atoms with Crippen molar-refractivity contribution in [2.75, 3.05) is 0 Å². The van der Waals surface area contributed by atoms with Crippen LogP contribution in [0.5, 0.6) is 0 Å². The van der Waals surface area contributed by atoms with Crippen molar-refractivity contribution in [3.63, 3.8) is 0 Å². The molecule has 0 aliphatic carbocycles. The zero-order valence-electron chi connectivity index (χ0n) is 9.73. The monoisotopic (exact) mass is 244 g/mol. The third-order valence-corrected chi connectivity index (χ3v) is 3.07. The highest BCUT2D eigenvalue weighted by Gasteiger charge is 2.09. The summed E-state index contributed by atoms with van der Waals surface area (Å²) in [5.74, 6) is 0. The summed E-state index contributed by atoms with van der Waals surface area (Å²) >= 11 is 5.96. The van der Waals surface area contributed by atoms with Crippen molar-refractivity contribution in [2.45, 2.75) is 12.5 Å². The first-order chi connectivity index (χ1) is 8.16. The van der Waals surface area contributed by atoms with E-state index in [1.165, 1.54) is 5.56 Å². The molecule has 17 heavy (non-hydrogen) atoms. The van der Waals surface area contributed by atoms with Crippen molar-refractivity contribution >= 4 is 25.0 Å². The summed E-state index contributed by atoms with van der Waals surface area (Å²) < 4.78 is 0. The Morgan fingerprint density at radius 2 is 2.12 bits per heavy atom. The Morgan fingerprint density at radius 1 is 1.29 bits per heavy atom. The second kappa shape index (κ2) is 5.34. The minimum atomic E-state index is -0.0448. The molecule has 0 saturated heterocycles. The number of pyridine rings is 1. The molecule has 1 unspecified atom stereocenters. The highest BCUT2D eigenvalue weighted by molar-refractivity contribution is 6.31. The van der Waals surface area contributed by atoms with E-state index in [-0.39, 0.29) is 6.04 Å². The van der Waals surface area contributed by atoms with Crippen LogP contribution >= 0.6 is 11.6 Å². The predicted octanol–water partition coefficient (Wildman–Crippen LogP) is 1.24. The fourth-order valence-electron chi connectivity index (χ4n) is 1.83. The third-order valence-electron chi connectivity index (χ3n) is 2.83. The van der Waals surface area contributed by atoms with Crippen molar-refractivity contribution in [1.82, 2.24) is 4.98 Å². The summed E-state index contributed by atoms with van der Waals surface area (Å²) in [5, 5.41) is 0.723.